The summed E-state index contributed by atoms with van der Waals surface area (Å²) in [6.45, 7) is 1.34. The quantitative estimate of drug-likeness (QED) is 0.721. The van der Waals surface area contributed by atoms with Crippen LogP contribution in [-0.4, -0.2) is 62.2 Å². The number of anilines is 2. The van der Waals surface area contributed by atoms with Gasteiger partial charge in [-0.1, -0.05) is 0 Å². The lowest BCUT2D eigenvalue weighted by Crippen LogP contribution is -2.41. The van der Waals surface area contributed by atoms with E-state index in [-0.39, 0.29) is 30.0 Å². The molecular weight excluding hydrogens is 430 g/mol. The Hall–Kier alpha value is -3.20. The molecule has 0 radical (unpaired) electrons. The van der Waals surface area contributed by atoms with E-state index < -0.39 is 0 Å². The Balaban J connectivity index is 1.54. The van der Waals surface area contributed by atoms with Crippen LogP contribution in [0.3, 0.4) is 0 Å². The first-order chi connectivity index (χ1) is 15.5. The average Bonchev–Trinajstić information content (AvgIpc) is 3.34. The summed E-state index contributed by atoms with van der Waals surface area (Å²) in [5.74, 6) is 0.754. The second-order valence-corrected chi connectivity index (χ2v) is 8.62. The van der Waals surface area contributed by atoms with Gasteiger partial charge in [0, 0.05) is 47.4 Å². The lowest BCUT2D eigenvalue weighted by atomic mass is 10.1. The van der Waals surface area contributed by atoms with Gasteiger partial charge in [0.25, 0.3) is 5.91 Å². The highest BCUT2D eigenvalue weighted by molar-refractivity contribution is 8.00. The Morgan fingerprint density at radius 3 is 2.38 bits per heavy atom. The number of thioether (sulfide) groups is 1. The fourth-order valence-electron chi connectivity index (χ4n) is 3.84. The molecule has 32 heavy (non-hydrogen) atoms. The molecule has 1 saturated heterocycles. The Morgan fingerprint density at radius 2 is 1.72 bits per heavy atom. The van der Waals surface area contributed by atoms with Crippen molar-refractivity contribution in [2.45, 2.75) is 17.7 Å². The van der Waals surface area contributed by atoms with Crippen LogP contribution >= 0.6 is 11.8 Å². The molecule has 4 rings (SSSR count). The summed E-state index contributed by atoms with van der Waals surface area (Å²) in [6, 6.07) is 10.4. The highest BCUT2D eigenvalue weighted by Crippen LogP contribution is 2.36. The van der Waals surface area contributed by atoms with Crippen LogP contribution in [0.15, 0.2) is 41.3 Å². The third-order valence-electron chi connectivity index (χ3n) is 5.48. The minimum Gasteiger partial charge on any atom is -0.497 e. The third-order valence-corrected chi connectivity index (χ3v) is 6.53. The fraction of sp³-hybridized carbons (Fsp3) is 0.348. The van der Waals surface area contributed by atoms with Crippen molar-refractivity contribution in [2.24, 2.45) is 0 Å². The van der Waals surface area contributed by atoms with E-state index >= 15 is 0 Å². The highest BCUT2D eigenvalue weighted by atomic mass is 32.2. The zero-order chi connectivity index (χ0) is 22.7. The van der Waals surface area contributed by atoms with Gasteiger partial charge in [-0.05, 0) is 31.0 Å². The Morgan fingerprint density at radius 1 is 1.03 bits per heavy atom. The van der Waals surface area contributed by atoms with Gasteiger partial charge < -0.3 is 24.6 Å². The van der Waals surface area contributed by atoms with Crippen LogP contribution in [0.1, 0.15) is 23.2 Å². The molecule has 2 aromatic carbocycles. The molecule has 2 aliphatic rings. The monoisotopic (exact) mass is 455 g/mol. The molecule has 1 fully saturated rings. The number of likely N-dealkylation sites (tertiary alicyclic amines) is 1. The second kappa shape index (κ2) is 9.52. The minimum absolute atomic E-state index is 0.0406. The second-order valence-electron chi connectivity index (χ2n) is 7.60. The molecule has 8 nitrogen and oxygen atoms in total. The number of ether oxygens (including phenoxy) is 2. The van der Waals surface area contributed by atoms with Gasteiger partial charge in [-0.3, -0.25) is 14.4 Å². The van der Waals surface area contributed by atoms with Crippen LogP contribution in [0, 0.1) is 0 Å². The van der Waals surface area contributed by atoms with Crippen LogP contribution in [-0.2, 0) is 9.59 Å². The molecule has 2 aromatic rings. The van der Waals surface area contributed by atoms with Crippen molar-refractivity contribution in [3.63, 3.8) is 0 Å². The van der Waals surface area contributed by atoms with Crippen molar-refractivity contribution in [1.29, 1.82) is 0 Å². The first-order valence-corrected chi connectivity index (χ1v) is 11.4. The lowest BCUT2D eigenvalue weighted by molar-refractivity contribution is -0.120. The molecule has 3 amide bonds. The van der Waals surface area contributed by atoms with Crippen LogP contribution in [0.25, 0.3) is 0 Å². The SMILES string of the molecule is COc1cc(NC(=O)CN2C(=O)CSc3ccc(C(=O)N4CCCC4)cc32)cc(OC)c1. The molecule has 0 aliphatic carbocycles. The smallest absolute Gasteiger partial charge is 0.253 e. The average molecular weight is 456 g/mol. The molecule has 9 heteroatoms. The molecule has 168 valence electrons. The Labute approximate surface area is 190 Å². The van der Waals surface area contributed by atoms with Crippen molar-refractivity contribution in [3.8, 4) is 11.5 Å². The number of carbonyl (C=O) groups is 3. The summed E-state index contributed by atoms with van der Waals surface area (Å²) in [4.78, 5) is 42.4. The maximum Gasteiger partial charge on any atom is 0.253 e. The molecule has 0 saturated carbocycles. The van der Waals surface area contributed by atoms with Gasteiger partial charge >= 0.3 is 0 Å². The van der Waals surface area contributed by atoms with Crippen molar-refractivity contribution in [1.82, 2.24) is 4.90 Å². The van der Waals surface area contributed by atoms with Crippen LogP contribution < -0.4 is 19.7 Å². The number of nitrogens with zero attached hydrogens (tertiary/aromatic N) is 2. The van der Waals surface area contributed by atoms with E-state index in [0.717, 1.165) is 30.8 Å². The summed E-state index contributed by atoms with van der Waals surface area (Å²) >= 11 is 1.41. The molecule has 0 unspecified atom stereocenters. The maximum absolute atomic E-state index is 12.8. The lowest BCUT2D eigenvalue weighted by Gasteiger charge is -2.29. The normalized spacial score (nSPS) is 15.4. The molecular formula is C23H25N3O5S. The third kappa shape index (κ3) is 4.67. The molecule has 0 spiro atoms. The molecule has 0 atom stereocenters. The van der Waals surface area contributed by atoms with Crippen molar-refractivity contribution in [2.75, 3.05) is 49.8 Å². The van der Waals surface area contributed by atoms with Gasteiger partial charge in [0.15, 0.2) is 0 Å². The highest BCUT2D eigenvalue weighted by Gasteiger charge is 2.29. The predicted molar refractivity (Wildman–Crippen MR) is 123 cm³/mol. The van der Waals surface area contributed by atoms with Crippen LogP contribution in [0.4, 0.5) is 11.4 Å². The van der Waals surface area contributed by atoms with E-state index in [1.165, 1.54) is 30.9 Å². The number of nitrogens with one attached hydrogen (secondary N) is 1. The fourth-order valence-corrected chi connectivity index (χ4v) is 4.75. The Kier molecular flexibility index (Phi) is 6.55. The number of rotatable bonds is 6. The standard InChI is InChI=1S/C23H25N3O5S/c1-30-17-10-16(11-18(12-17)31-2)24-21(27)13-26-19-9-15(23(29)25-7-3-4-8-25)5-6-20(19)32-14-22(26)28/h5-6,9-12H,3-4,7-8,13-14H2,1-2H3,(H,24,27). The van der Waals surface area contributed by atoms with E-state index in [0.29, 0.717) is 28.4 Å². The van der Waals surface area contributed by atoms with Crippen molar-refractivity contribution >= 4 is 40.9 Å². The summed E-state index contributed by atoms with van der Waals surface area (Å²) in [7, 11) is 3.06. The van der Waals surface area contributed by atoms with E-state index in [1.807, 2.05) is 11.0 Å². The minimum atomic E-state index is -0.359. The molecule has 0 aromatic heterocycles. The largest absolute Gasteiger partial charge is 0.497 e. The van der Waals surface area contributed by atoms with E-state index in [4.69, 9.17) is 9.47 Å². The summed E-state index contributed by atoms with van der Waals surface area (Å²) in [6.07, 6.45) is 2.01. The zero-order valence-corrected chi connectivity index (χ0v) is 18.9. The number of benzene rings is 2. The number of hydrogen-bond donors (Lipinski definition) is 1. The molecule has 0 bridgehead atoms. The molecule has 2 aliphatic heterocycles. The van der Waals surface area contributed by atoms with Crippen LogP contribution in [0.5, 0.6) is 11.5 Å². The van der Waals surface area contributed by atoms with E-state index in [2.05, 4.69) is 5.32 Å². The van der Waals surface area contributed by atoms with E-state index in [1.54, 1.807) is 30.3 Å². The Bertz CT molecular complexity index is 1030. The summed E-state index contributed by atoms with van der Waals surface area (Å²) < 4.78 is 10.5. The number of amides is 3. The topological polar surface area (TPSA) is 88.2 Å². The predicted octanol–water partition coefficient (Wildman–Crippen LogP) is 3.02. The first kappa shape index (κ1) is 22.0. The summed E-state index contributed by atoms with van der Waals surface area (Å²) in [5.41, 5.74) is 1.63. The zero-order valence-electron chi connectivity index (χ0n) is 18.1. The van der Waals surface area contributed by atoms with Gasteiger partial charge in [0.1, 0.15) is 18.0 Å². The van der Waals surface area contributed by atoms with Crippen molar-refractivity contribution < 1.29 is 23.9 Å². The number of fused-ring (bicyclic) bond motifs is 1. The number of carbonyl (C=O) groups excluding carboxylic acids is 3. The number of hydrogen-bond acceptors (Lipinski definition) is 6. The van der Waals surface area contributed by atoms with Gasteiger partial charge in [0.2, 0.25) is 11.8 Å². The first-order valence-electron chi connectivity index (χ1n) is 10.4. The summed E-state index contributed by atoms with van der Waals surface area (Å²) in [5, 5.41) is 2.80. The number of methoxy groups -OCH3 is 2. The maximum atomic E-state index is 12.8. The van der Waals surface area contributed by atoms with E-state index in [9.17, 15) is 14.4 Å². The molecule has 1 N–H and O–H groups in total. The van der Waals surface area contributed by atoms with Gasteiger partial charge in [0.05, 0.1) is 25.7 Å². The molecule has 2 heterocycles. The van der Waals surface area contributed by atoms with Crippen LogP contribution in [0.2, 0.25) is 0 Å². The van der Waals surface area contributed by atoms with Gasteiger partial charge in [-0.15, -0.1) is 11.8 Å². The van der Waals surface area contributed by atoms with Gasteiger partial charge in [-0.2, -0.15) is 0 Å². The van der Waals surface area contributed by atoms with Crippen molar-refractivity contribution in [3.05, 3.63) is 42.0 Å². The van der Waals surface area contributed by atoms with Gasteiger partial charge in [-0.25, -0.2) is 0 Å².